The van der Waals surface area contributed by atoms with Crippen LogP contribution in [0.2, 0.25) is 0 Å². The molecule has 6 rings (SSSR count). The van der Waals surface area contributed by atoms with Gasteiger partial charge in [0, 0.05) is 0 Å². The van der Waals surface area contributed by atoms with Crippen LogP contribution in [0.4, 0.5) is 0 Å². The van der Waals surface area contributed by atoms with Gasteiger partial charge in [-0.1, -0.05) is 36.4 Å². The van der Waals surface area contributed by atoms with E-state index in [1.165, 1.54) is 36.4 Å². The summed E-state index contributed by atoms with van der Waals surface area (Å²) in [5, 5.41) is 2.16. The molecule has 0 saturated carbocycles. The van der Waals surface area contributed by atoms with Crippen LogP contribution in [0.25, 0.3) is 32.3 Å². The van der Waals surface area contributed by atoms with Crippen molar-refractivity contribution in [2.45, 2.75) is 29.4 Å². The van der Waals surface area contributed by atoms with E-state index in [-0.39, 0.29) is 151 Å². The molecule has 0 spiro atoms. The third-order valence-corrected chi connectivity index (χ3v) is 12.1. The fourth-order valence-electron chi connectivity index (χ4n) is 4.54. The molecule has 28 heteroatoms. The average Bonchev–Trinajstić information content (AvgIpc) is 3.05. The molecule has 0 fully saturated rings. The van der Waals surface area contributed by atoms with Gasteiger partial charge in [-0.25, -0.2) is 50.5 Å². The smallest absolute Gasteiger partial charge is 0.744 e. The predicted octanol–water partition coefficient (Wildman–Crippen LogP) is -4.81. The fraction of sp³-hybridized carbons (Fsp3) is 0. The van der Waals surface area contributed by atoms with Crippen molar-refractivity contribution in [3.05, 3.63) is 109 Å². The molecule has 288 valence electrons. The van der Waals surface area contributed by atoms with Crippen LogP contribution in [0.5, 0.6) is 0 Å². The van der Waals surface area contributed by atoms with E-state index < -0.39 is 90.1 Å². The van der Waals surface area contributed by atoms with Gasteiger partial charge in [0.15, 0.2) is 0 Å². The Morgan fingerprint density at radius 1 is 0.241 bits per heavy atom. The zero-order valence-corrected chi connectivity index (χ0v) is 42.9. The van der Waals surface area contributed by atoms with Crippen LogP contribution in [0, 0.1) is 0 Å². The number of hydrogen-bond acceptors (Lipinski definition) is 18. The molecule has 6 aromatic rings. The molecule has 0 aromatic heterocycles. The maximum absolute atomic E-state index is 10.8. The minimum atomic E-state index is -4.62. The van der Waals surface area contributed by atoms with Crippen molar-refractivity contribution in [2.24, 2.45) is 0 Å². The van der Waals surface area contributed by atoms with Gasteiger partial charge in [-0.15, -0.1) is 0 Å². The largest absolute Gasteiger partial charge is 2.00 e. The molecular formula is C30H18Ca2Na2O18S6. The average molecular weight is 985 g/mol. The first kappa shape index (κ1) is 58.1. The second kappa shape index (κ2) is 22.1. The molecule has 0 aliphatic rings. The van der Waals surface area contributed by atoms with E-state index in [2.05, 4.69) is 0 Å². The van der Waals surface area contributed by atoms with Crippen molar-refractivity contribution in [2.75, 3.05) is 0 Å². The summed E-state index contributed by atoms with van der Waals surface area (Å²) < 4.78 is 195. The van der Waals surface area contributed by atoms with Gasteiger partial charge in [0.1, 0.15) is 60.7 Å². The Kier molecular flexibility index (Phi) is 22.2. The number of hydrogen-bond donors (Lipinski definition) is 0. The van der Waals surface area contributed by atoms with Crippen LogP contribution in [0.3, 0.4) is 0 Å². The van der Waals surface area contributed by atoms with E-state index in [4.69, 9.17) is 0 Å². The SMILES string of the molecule is O=S(=O)([O-])c1ccc2ccc(S(=O)(=O)[O-])cc2c1.O=S(=O)([O-])c1ccc2ccc(S(=O)(=O)[O-])cc2c1.O=S(=O)([O-])c1ccc2ccc(S(=O)(=O)[O-])cc2c1.[Ca+2].[Ca+2].[Na+].[Na+]. The molecule has 0 radical (unpaired) electrons. The van der Waals surface area contributed by atoms with E-state index in [0.29, 0.717) is 16.2 Å². The van der Waals surface area contributed by atoms with Crippen molar-refractivity contribution in [3.63, 3.8) is 0 Å². The van der Waals surface area contributed by atoms with Gasteiger partial charge in [0.05, 0.1) is 29.4 Å². The molecule has 0 N–H and O–H groups in total. The van der Waals surface area contributed by atoms with Gasteiger partial charge in [-0.2, -0.15) is 0 Å². The topological polar surface area (TPSA) is 343 Å². The summed E-state index contributed by atoms with van der Waals surface area (Å²) in [5.74, 6) is 0. The van der Waals surface area contributed by atoms with Crippen molar-refractivity contribution < 1.29 is 137 Å². The summed E-state index contributed by atoms with van der Waals surface area (Å²) >= 11 is 0. The van der Waals surface area contributed by atoms with Crippen LogP contribution in [-0.2, 0) is 60.7 Å². The zero-order valence-electron chi connectivity index (χ0n) is 29.6. The standard InChI is InChI=1S/3C10H8O6S2.2Ca.2Na/c3*11-17(12,13)9-3-1-7-2-4-10(18(14,15)16)6-8(7)5-9;;;;/h3*1-6H,(H,11,12,13)(H,14,15,16);;;;/q;;;2*+2;2*+1/p-6. The number of rotatable bonds is 6. The van der Waals surface area contributed by atoms with Crippen LogP contribution < -0.4 is 59.1 Å². The molecule has 0 aliphatic carbocycles. The maximum atomic E-state index is 10.8. The molecule has 0 bridgehead atoms. The van der Waals surface area contributed by atoms with Crippen LogP contribution in [0.1, 0.15) is 0 Å². The second-order valence-corrected chi connectivity index (χ2v) is 19.0. The zero-order chi connectivity index (χ0) is 40.7. The van der Waals surface area contributed by atoms with Crippen molar-refractivity contribution in [1.82, 2.24) is 0 Å². The maximum Gasteiger partial charge on any atom is 2.00 e. The first-order chi connectivity index (χ1) is 24.5. The van der Waals surface area contributed by atoms with Gasteiger partial charge in [-0.3, -0.25) is 0 Å². The monoisotopic (exact) mass is 984 g/mol. The molecule has 58 heavy (non-hydrogen) atoms. The quantitative estimate of drug-likeness (QED) is 0.112. The Morgan fingerprint density at radius 2 is 0.362 bits per heavy atom. The summed E-state index contributed by atoms with van der Waals surface area (Å²) in [6.07, 6.45) is 0. The molecule has 6 aromatic carbocycles. The van der Waals surface area contributed by atoms with E-state index in [1.807, 2.05) is 0 Å². The molecule has 18 nitrogen and oxygen atoms in total. The predicted molar refractivity (Wildman–Crippen MR) is 191 cm³/mol. The van der Waals surface area contributed by atoms with Gasteiger partial charge >= 0.3 is 135 Å². The van der Waals surface area contributed by atoms with E-state index >= 15 is 0 Å². The Labute approximate surface area is 436 Å². The summed E-state index contributed by atoms with van der Waals surface area (Å²) in [7, 11) is -27.7. The number of benzene rings is 6. The van der Waals surface area contributed by atoms with Crippen LogP contribution in [-0.4, -0.2) is 153 Å². The molecule has 0 aliphatic heterocycles. The normalized spacial score (nSPS) is 11.9. The first-order valence-electron chi connectivity index (χ1n) is 13.9. The summed E-state index contributed by atoms with van der Waals surface area (Å²) in [5.41, 5.74) is 0. The van der Waals surface area contributed by atoms with Gasteiger partial charge < -0.3 is 27.3 Å². The van der Waals surface area contributed by atoms with E-state index in [9.17, 15) is 77.8 Å². The molecule has 0 unspecified atom stereocenters. The van der Waals surface area contributed by atoms with Crippen LogP contribution in [0.15, 0.2) is 139 Å². The van der Waals surface area contributed by atoms with Crippen LogP contribution >= 0.6 is 0 Å². The Hall–Kier alpha value is 0.0795. The van der Waals surface area contributed by atoms with E-state index in [0.717, 1.165) is 72.8 Å². The molecular weight excluding hydrogens is 967 g/mol. The third-order valence-electron chi connectivity index (χ3n) is 7.08. The summed E-state index contributed by atoms with van der Waals surface area (Å²) in [4.78, 5) is -2.86. The second-order valence-electron chi connectivity index (χ2n) is 10.7. The Balaban J connectivity index is 0.000000812. The third kappa shape index (κ3) is 16.3. The first-order valence-corrected chi connectivity index (χ1v) is 22.4. The van der Waals surface area contributed by atoms with Gasteiger partial charge in [0.2, 0.25) is 0 Å². The van der Waals surface area contributed by atoms with Crippen molar-refractivity contribution >= 4 is 169 Å². The molecule has 0 amide bonds. The fourth-order valence-corrected chi connectivity index (χ4v) is 7.58. The molecule has 0 saturated heterocycles. The molecule has 0 atom stereocenters. The minimum absolute atomic E-state index is 0. The summed E-state index contributed by atoms with van der Waals surface area (Å²) in [6, 6.07) is 21.1. The van der Waals surface area contributed by atoms with Gasteiger partial charge in [0.25, 0.3) is 0 Å². The van der Waals surface area contributed by atoms with E-state index in [1.54, 1.807) is 0 Å². The molecule has 0 heterocycles. The minimum Gasteiger partial charge on any atom is -0.744 e. The van der Waals surface area contributed by atoms with Crippen molar-refractivity contribution in [3.8, 4) is 0 Å². The Morgan fingerprint density at radius 3 is 0.466 bits per heavy atom. The van der Waals surface area contributed by atoms with Gasteiger partial charge in [-0.05, 0) is 105 Å². The Bertz CT molecular complexity index is 2630. The van der Waals surface area contributed by atoms with Crippen molar-refractivity contribution in [1.29, 1.82) is 0 Å². The number of fused-ring (bicyclic) bond motifs is 3. The summed E-state index contributed by atoms with van der Waals surface area (Å²) in [6.45, 7) is 0.